The Bertz CT molecular complexity index is 1150. The van der Waals surface area contributed by atoms with Crippen molar-refractivity contribution in [1.82, 2.24) is 24.9 Å². The number of aryl methyl sites for hydroxylation is 1. The molecule has 0 aromatic carbocycles. The molecular formula is C23H27N7O2. The topological polar surface area (TPSA) is 119 Å². The number of amides is 2. The molecule has 9 nitrogen and oxygen atoms in total. The second-order valence-corrected chi connectivity index (χ2v) is 8.80. The number of anilines is 1. The molecule has 9 heteroatoms. The smallest absolute Gasteiger partial charge is 0.312 e. The number of pyridine rings is 1. The molecular weight excluding hydrogens is 406 g/mol. The summed E-state index contributed by atoms with van der Waals surface area (Å²) in [6.07, 6.45) is 6.37. The molecule has 1 saturated heterocycles. The Balaban J connectivity index is 1.34. The van der Waals surface area contributed by atoms with E-state index in [1.807, 2.05) is 35.7 Å². The second-order valence-electron chi connectivity index (χ2n) is 8.80. The fourth-order valence-corrected chi connectivity index (χ4v) is 4.73. The van der Waals surface area contributed by atoms with Crippen molar-refractivity contribution in [2.24, 2.45) is 11.7 Å². The summed E-state index contributed by atoms with van der Waals surface area (Å²) in [5.41, 5.74) is 8.86. The average Bonchev–Trinajstić information content (AvgIpc) is 3.49. The number of primary amides is 1. The number of nitrogens with one attached hydrogen (secondary N) is 1. The van der Waals surface area contributed by atoms with E-state index < -0.39 is 6.03 Å². The van der Waals surface area contributed by atoms with E-state index in [0.717, 1.165) is 55.2 Å². The molecule has 2 amide bonds. The highest BCUT2D eigenvalue weighted by molar-refractivity contribution is 5.87. The quantitative estimate of drug-likeness (QED) is 0.614. The highest BCUT2D eigenvalue weighted by Crippen LogP contribution is 2.48. The monoisotopic (exact) mass is 433 g/mol. The molecule has 2 unspecified atom stereocenters. The van der Waals surface area contributed by atoms with Crippen LogP contribution in [0.4, 0.5) is 10.6 Å². The summed E-state index contributed by atoms with van der Waals surface area (Å²) in [6.45, 7) is 3.47. The standard InChI is InChI=1S/C23H27N7O2/c1-14-10-21-26-17(11-20(31)19-13-18(19)15-2-6-25-7-3-15)12-22(30(21)28-14)29-8-4-16(5-9-29)27-23(24)32/h2-3,6-7,10,12,16,18-19H,4-5,8-9,11,13H2,1H3,(H3,24,27,32). The summed E-state index contributed by atoms with van der Waals surface area (Å²) >= 11 is 0. The van der Waals surface area contributed by atoms with Crippen LogP contribution in [0.1, 0.15) is 42.1 Å². The zero-order valence-electron chi connectivity index (χ0n) is 18.1. The van der Waals surface area contributed by atoms with Gasteiger partial charge < -0.3 is 16.0 Å². The molecule has 0 bridgehead atoms. The van der Waals surface area contributed by atoms with Gasteiger partial charge in [-0.05, 0) is 49.8 Å². The number of urea groups is 1. The first-order valence-corrected chi connectivity index (χ1v) is 11.1. The van der Waals surface area contributed by atoms with E-state index in [2.05, 4.69) is 20.3 Å². The van der Waals surface area contributed by atoms with Gasteiger partial charge in [0.25, 0.3) is 0 Å². The van der Waals surface area contributed by atoms with Crippen molar-refractivity contribution in [2.75, 3.05) is 18.0 Å². The van der Waals surface area contributed by atoms with Crippen LogP contribution in [-0.4, -0.2) is 50.5 Å². The van der Waals surface area contributed by atoms with E-state index in [9.17, 15) is 9.59 Å². The molecule has 1 aliphatic carbocycles. The van der Waals surface area contributed by atoms with E-state index in [4.69, 9.17) is 10.7 Å². The first-order valence-electron chi connectivity index (χ1n) is 11.1. The van der Waals surface area contributed by atoms with Crippen LogP contribution in [0.2, 0.25) is 0 Å². The van der Waals surface area contributed by atoms with E-state index in [0.29, 0.717) is 12.3 Å². The third-order valence-corrected chi connectivity index (χ3v) is 6.44. The highest BCUT2D eigenvalue weighted by atomic mass is 16.2. The number of nitrogens with two attached hydrogens (primary N) is 1. The van der Waals surface area contributed by atoms with Crippen LogP contribution < -0.4 is 16.0 Å². The van der Waals surface area contributed by atoms with Crippen LogP contribution in [0, 0.1) is 12.8 Å². The first kappa shape index (κ1) is 20.4. The Kier molecular flexibility index (Phi) is 5.24. The van der Waals surface area contributed by atoms with Gasteiger partial charge in [0.05, 0.1) is 11.4 Å². The molecule has 1 saturated carbocycles. The number of carbonyl (C=O) groups is 2. The molecule has 32 heavy (non-hydrogen) atoms. The SMILES string of the molecule is Cc1cc2nc(CC(=O)C3CC3c3ccncc3)cc(N3CCC(NC(N)=O)CC3)n2n1. The molecule has 2 aliphatic rings. The van der Waals surface area contributed by atoms with Crippen molar-refractivity contribution in [3.05, 3.63) is 53.6 Å². The summed E-state index contributed by atoms with van der Waals surface area (Å²) in [7, 11) is 0. The second kappa shape index (κ2) is 8.22. The van der Waals surface area contributed by atoms with Gasteiger partial charge in [0.1, 0.15) is 11.6 Å². The number of hydrogen-bond donors (Lipinski definition) is 2. The molecule has 4 heterocycles. The summed E-state index contributed by atoms with van der Waals surface area (Å²) in [4.78, 5) is 35.2. The minimum absolute atomic E-state index is 0.0566. The number of hydrogen-bond acceptors (Lipinski definition) is 6. The van der Waals surface area contributed by atoms with Crippen LogP contribution in [0.3, 0.4) is 0 Å². The third kappa shape index (κ3) is 4.15. The molecule has 3 N–H and O–H groups in total. The molecule has 5 rings (SSSR count). The van der Waals surface area contributed by atoms with Crippen molar-refractivity contribution >= 4 is 23.3 Å². The first-order chi connectivity index (χ1) is 15.5. The maximum atomic E-state index is 13.0. The largest absolute Gasteiger partial charge is 0.356 e. The Labute approximate surface area is 186 Å². The molecule has 3 aromatic heterocycles. The zero-order valence-corrected chi connectivity index (χ0v) is 18.1. The van der Waals surface area contributed by atoms with Gasteiger partial charge in [-0.1, -0.05) is 0 Å². The van der Waals surface area contributed by atoms with Gasteiger partial charge in [0.2, 0.25) is 0 Å². The van der Waals surface area contributed by atoms with Crippen molar-refractivity contribution < 1.29 is 9.59 Å². The van der Waals surface area contributed by atoms with E-state index in [1.165, 1.54) is 5.56 Å². The van der Waals surface area contributed by atoms with Crippen molar-refractivity contribution in [2.45, 2.75) is 44.6 Å². The van der Waals surface area contributed by atoms with Crippen molar-refractivity contribution in [3.8, 4) is 0 Å². The number of Topliss-reactive ketones (excluding diaryl/α,β-unsaturated/α-hetero) is 1. The number of piperidine rings is 1. The van der Waals surface area contributed by atoms with Crippen LogP contribution in [0.15, 0.2) is 36.7 Å². The van der Waals surface area contributed by atoms with Gasteiger partial charge in [0, 0.05) is 56.0 Å². The number of aromatic nitrogens is 4. The summed E-state index contributed by atoms with van der Waals surface area (Å²) in [5.74, 6) is 1.52. The third-order valence-electron chi connectivity index (χ3n) is 6.44. The molecule has 166 valence electrons. The minimum atomic E-state index is -0.483. The van der Waals surface area contributed by atoms with Crippen molar-refractivity contribution in [3.63, 3.8) is 0 Å². The lowest BCUT2D eigenvalue weighted by atomic mass is 10.0. The van der Waals surface area contributed by atoms with Crippen LogP contribution in [-0.2, 0) is 11.2 Å². The maximum absolute atomic E-state index is 13.0. The van der Waals surface area contributed by atoms with Gasteiger partial charge in [0.15, 0.2) is 5.65 Å². The van der Waals surface area contributed by atoms with Crippen molar-refractivity contribution in [1.29, 1.82) is 0 Å². The lowest BCUT2D eigenvalue weighted by Crippen LogP contribution is -2.46. The highest BCUT2D eigenvalue weighted by Gasteiger charge is 2.43. The summed E-state index contributed by atoms with van der Waals surface area (Å²) in [6, 6.07) is 7.52. The number of rotatable bonds is 6. The summed E-state index contributed by atoms with van der Waals surface area (Å²) in [5, 5.41) is 7.41. The van der Waals surface area contributed by atoms with Gasteiger partial charge in [-0.3, -0.25) is 9.78 Å². The molecule has 0 spiro atoms. The molecule has 3 aromatic rings. The van der Waals surface area contributed by atoms with Crippen LogP contribution in [0.5, 0.6) is 0 Å². The fraction of sp³-hybridized carbons (Fsp3) is 0.435. The average molecular weight is 434 g/mol. The van der Waals surface area contributed by atoms with Gasteiger partial charge in [-0.25, -0.2) is 9.78 Å². The summed E-state index contributed by atoms with van der Waals surface area (Å²) < 4.78 is 1.85. The number of ketones is 1. The lowest BCUT2D eigenvalue weighted by Gasteiger charge is -2.33. The predicted octanol–water partition coefficient (Wildman–Crippen LogP) is 1.99. The number of nitrogens with zero attached hydrogens (tertiary/aromatic N) is 5. The lowest BCUT2D eigenvalue weighted by molar-refractivity contribution is -0.119. The van der Waals surface area contributed by atoms with Gasteiger partial charge in [-0.15, -0.1) is 0 Å². The normalized spacial score (nSPS) is 21.0. The Morgan fingerprint density at radius 1 is 1.19 bits per heavy atom. The predicted molar refractivity (Wildman–Crippen MR) is 119 cm³/mol. The molecule has 2 fully saturated rings. The van der Waals surface area contributed by atoms with E-state index in [-0.39, 0.29) is 17.7 Å². The van der Waals surface area contributed by atoms with Gasteiger partial charge in [-0.2, -0.15) is 9.61 Å². The molecule has 1 aliphatic heterocycles. The molecule has 2 atom stereocenters. The maximum Gasteiger partial charge on any atom is 0.312 e. The van der Waals surface area contributed by atoms with Crippen LogP contribution >= 0.6 is 0 Å². The van der Waals surface area contributed by atoms with E-state index >= 15 is 0 Å². The van der Waals surface area contributed by atoms with Gasteiger partial charge >= 0.3 is 6.03 Å². The zero-order chi connectivity index (χ0) is 22.2. The molecule has 0 radical (unpaired) electrons. The minimum Gasteiger partial charge on any atom is -0.356 e. The van der Waals surface area contributed by atoms with Crippen LogP contribution in [0.25, 0.3) is 5.65 Å². The van der Waals surface area contributed by atoms with E-state index in [1.54, 1.807) is 12.4 Å². The number of fused-ring (bicyclic) bond motifs is 1. The Morgan fingerprint density at radius 3 is 2.66 bits per heavy atom. The Hall–Kier alpha value is -3.49. The Morgan fingerprint density at radius 2 is 1.94 bits per heavy atom. The fourth-order valence-electron chi connectivity index (χ4n) is 4.73. The number of carbonyl (C=O) groups excluding carboxylic acids is 2.